The summed E-state index contributed by atoms with van der Waals surface area (Å²) in [4.78, 5) is 7.03. The van der Waals surface area contributed by atoms with Crippen LogP contribution in [0.15, 0.2) is 6.07 Å². The quantitative estimate of drug-likeness (QED) is 0.893. The maximum absolute atomic E-state index is 9.58. The van der Waals surface area contributed by atoms with Gasteiger partial charge in [-0.05, 0) is 44.2 Å². The van der Waals surface area contributed by atoms with Crippen LogP contribution < -0.4 is 4.90 Å². The van der Waals surface area contributed by atoms with Gasteiger partial charge in [0.1, 0.15) is 5.82 Å². The standard InChI is InChI=1S/C15H24N2O/c1-4-13-6-5-7-17(9-13)15-14(10-18)11(2)8-12(3)16-15/h8,13,18H,4-7,9-10H2,1-3H3. The molecule has 0 amide bonds. The first-order valence-electron chi connectivity index (χ1n) is 6.98. The van der Waals surface area contributed by atoms with Crippen molar-refractivity contribution in [3.05, 3.63) is 22.9 Å². The SMILES string of the molecule is CCC1CCCN(c2nc(C)cc(C)c2CO)C1. The van der Waals surface area contributed by atoms with Crippen LogP contribution in [-0.2, 0) is 6.61 Å². The van der Waals surface area contributed by atoms with Gasteiger partial charge in [0.25, 0.3) is 0 Å². The van der Waals surface area contributed by atoms with Crippen LogP contribution in [0.25, 0.3) is 0 Å². The van der Waals surface area contributed by atoms with Gasteiger partial charge in [-0.3, -0.25) is 0 Å². The highest BCUT2D eigenvalue weighted by Gasteiger charge is 2.22. The van der Waals surface area contributed by atoms with E-state index in [0.29, 0.717) is 0 Å². The van der Waals surface area contributed by atoms with Gasteiger partial charge in [0.15, 0.2) is 0 Å². The second kappa shape index (κ2) is 5.70. The third-order valence-electron chi connectivity index (χ3n) is 4.01. The summed E-state index contributed by atoms with van der Waals surface area (Å²) in [5.41, 5.74) is 3.19. The van der Waals surface area contributed by atoms with Crippen molar-refractivity contribution in [2.75, 3.05) is 18.0 Å². The number of rotatable bonds is 3. The van der Waals surface area contributed by atoms with Gasteiger partial charge >= 0.3 is 0 Å². The molecule has 1 aromatic heterocycles. The number of aromatic nitrogens is 1. The lowest BCUT2D eigenvalue weighted by molar-refractivity contribution is 0.280. The summed E-state index contributed by atoms with van der Waals surface area (Å²) in [6.07, 6.45) is 3.79. The molecule has 0 spiro atoms. The lowest BCUT2D eigenvalue weighted by Gasteiger charge is -2.34. The lowest BCUT2D eigenvalue weighted by atomic mass is 9.95. The van der Waals surface area contributed by atoms with Crippen LogP contribution in [0.3, 0.4) is 0 Å². The van der Waals surface area contributed by atoms with E-state index in [1.165, 1.54) is 19.3 Å². The molecule has 0 aromatic carbocycles. The molecule has 3 nitrogen and oxygen atoms in total. The Morgan fingerprint density at radius 1 is 1.44 bits per heavy atom. The Hall–Kier alpha value is -1.09. The second-order valence-electron chi connectivity index (χ2n) is 5.40. The minimum absolute atomic E-state index is 0.0851. The Kier molecular flexibility index (Phi) is 4.23. The molecule has 3 heteroatoms. The minimum atomic E-state index is 0.0851. The molecule has 1 aromatic rings. The summed E-state index contributed by atoms with van der Waals surface area (Å²) in [7, 11) is 0. The molecule has 1 fully saturated rings. The highest BCUT2D eigenvalue weighted by Crippen LogP contribution is 2.28. The van der Waals surface area contributed by atoms with Gasteiger partial charge in [-0.25, -0.2) is 4.98 Å². The van der Waals surface area contributed by atoms with Crippen LogP contribution in [-0.4, -0.2) is 23.2 Å². The first kappa shape index (κ1) is 13.3. The van der Waals surface area contributed by atoms with E-state index in [4.69, 9.17) is 0 Å². The smallest absolute Gasteiger partial charge is 0.134 e. The second-order valence-corrected chi connectivity index (χ2v) is 5.40. The molecular formula is C15H24N2O. The lowest BCUT2D eigenvalue weighted by Crippen LogP contribution is -2.36. The Balaban J connectivity index is 2.31. The van der Waals surface area contributed by atoms with Crippen LogP contribution in [0.5, 0.6) is 0 Å². The van der Waals surface area contributed by atoms with E-state index in [-0.39, 0.29) is 6.61 Å². The number of aliphatic hydroxyl groups excluding tert-OH is 1. The zero-order chi connectivity index (χ0) is 13.1. The molecule has 18 heavy (non-hydrogen) atoms. The van der Waals surface area contributed by atoms with E-state index < -0.39 is 0 Å². The van der Waals surface area contributed by atoms with Crippen molar-refractivity contribution in [1.29, 1.82) is 0 Å². The summed E-state index contributed by atoms with van der Waals surface area (Å²) < 4.78 is 0. The molecule has 100 valence electrons. The van der Waals surface area contributed by atoms with Crippen molar-refractivity contribution in [3.8, 4) is 0 Å². The van der Waals surface area contributed by atoms with E-state index in [0.717, 1.165) is 41.6 Å². The third kappa shape index (κ3) is 2.66. The van der Waals surface area contributed by atoms with Crippen LogP contribution in [0.2, 0.25) is 0 Å². The fourth-order valence-electron chi connectivity index (χ4n) is 2.89. The number of aliphatic hydroxyl groups is 1. The highest BCUT2D eigenvalue weighted by molar-refractivity contribution is 5.51. The molecule has 1 aliphatic rings. The van der Waals surface area contributed by atoms with Gasteiger partial charge in [-0.15, -0.1) is 0 Å². The molecule has 1 atom stereocenters. The number of pyridine rings is 1. The van der Waals surface area contributed by atoms with Crippen molar-refractivity contribution in [2.24, 2.45) is 5.92 Å². The molecular weight excluding hydrogens is 224 g/mol. The third-order valence-corrected chi connectivity index (χ3v) is 4.01. The average Bonchev–Trinajstić information content (AvgIpc) is 2.38. The normalized spacial score (nSPS) is 20.2. The van der Waals surface area contributed by atoms with Crippen LogP contribution in [0.1, 0.15) is 43.0 Å². The Bertz CT molecular complexity index is 417. The largest absolute Gasteiger partial charge is 0.392 e. The zero-order valence-electron chi connectivity index (χ0n) is 11.7. The number of aryl methyl sites for hydroxylation is 2. The van der Waals surface area contributed by atoms with Crippen molar-refractivity contribution >= 4 is 5.82 Å². The van der Waals surface area contributed by atoms with Gasteiger partial charge in [-0.1, -0.05) is 13.3 Å². The van der Waals surface area contributed by atoms with E-state index >= 15 is 0 Å². The Morgan fingerprint density at radius 2 is 2.22 bits per heavy atom. The van der Waals surface area contributed by atoms with Crippen molar-refractivity contribution < 1.29 is 5.11 Å². The van der Waals surface area contributed by atoms with Gasteiger partial charge in [0.2, 0.25) is 0 Å². The van der Waals surface area contributed by atoms with E-state index in [1.807, 2.05) is 6.92 Å². The summed E-state index contributed by atoms with van der Waals surface area (Å²) in [6, 6.07) is 2.05. The maximum atomic E-state index is 9.58. The fourth-order valence-corrected chi connectivity index (χ4v) is 2.89. The summed E-state index contributed by atoms with van der Waals surface area (Å²) in [6.45, 7) is 8.58. The molecule has 1 unspecified atom stereocenters. The van der Waals surface area contributed by atoms with Crippen molar-refractivity contribution in [3.63, 3.8) is 0 Å². The molecule has 0 bridgehead atoms. The highest BCUT2D eigenvalue weighted by atomic mass is 16.3. The predicted molar refractivity (Wildman–Crippen MR) is 74.9 cm³/mol. The summed E-state index contributed by atoms with van der Waals surface area (Å²) in [5, 5.41) is 9.58. The number of anilines is 1. The van der Waals surface area contributed by atoms with Crippen molar-refractivity contribution in [2.45, 2.75) is 46.6 Å². The van der Waals surface area contributed by atoms with Crippen molar-refractivity contribution in [1.82, 2.24) is 4.98 Å². The number of nitrogens with zero attached hydrogens (tertiary/aromatic N) is 2. The number of hydrogen-bond donors (Lipinski definition) is 1. The molecule has 0 saturated carbocycles. The molecule has 1 saturated heterocycles. The Labute approximate surface area is 110 Å². The molecule has 1 N–H and O–H groups in total. The maximum Gasteiger partial charge on any atom is 0.134 e. The van der Waals surface area contributed by atoms with Gasteiger partial charge in [0.05, 0.1) is 6.61 Å². The first-order chi connectivity index (χ1) is 8.65. The fraction of sp³-hybridized carbons (Fsp3) is 0.667. The van der Waals surface area contributed by atoms with E-state index in [2.05, 4.69) is 29.8 Å². The minimum Gasteiger partial charge on any atom is -0.392 e. The average molecular weight is 248 g/mol. The summed E-state index contributed by atoms with van der Waals surface area (Å²) in [5.74, 6) is 1.78. The molecule has 2 heterocycles. The predicted octanol–water partition coefficient (Wildman–Crippen LogP) is 2.82. The topological polar surface area (TPSA) is 36.4 Å². The van der Waals surface area contributed by atoms with Crippen LogP contribution in [0.4, 0.5) is 5.82 Å². The molecule has 2 rings (SSSR count). The molecule has 0 aliphatic carbocycles. The van der Waals surface area contributed by atoms with Crippen LogP contribution in [0, 0.1) is 19.8 Å². The molecule has 1 aliphatic heterocycles. The van der Waals surface area contributed by atoms with E-state index in [1.54, 1.807) is 0 Å². The zero-order valence-corrected chi connectivity index (χ0v) is 11.7. The van der Waals surface area contributed by atoms with Gasteiger partial charge in [-0.2, -0.15) is 0 Å². The monoisotopic (exact) mass is 248 g/mol. The van der Waals surface area contributed by atoms with Gasteiger partial charge in [0, 0.05) is 24.3 Å². The summed E-state index contributed by atoms with van der Waals surface area (Å²) >= 11 is 0. The first-order valence-corrected chi connectivity index (χ1v) is 6.98. The van der Waals surface area contributed by atoms with Crippen LogP contribution >= 0.6 is 0 Å². The molecule has 0 radical (unpaired) electrons. The van der Waals surface area contributed by atoms with E-state index in [9.17, 15) is 5.11 Å². The number of hydrogen-bond acceptors (Lipinski definition) is 3. The Morgan fingerprint density at radius 3 is 2.89 bits per heavy atom. The van der Waals surface area contributed by atoms with Gasteiger partial charge < -0.3 is 10.0 Å². The number of piperidine rings is 1.